The number of hydrogen-bond donors (Lipinski definition) is 0. The fourth-order valence-electron chi connectivity index (χ4n) is 2.94. The molecule has 0 aromatic heterocycles. The Labute approximate surface area is 169 Å². The zero-order chi connectivity index (χ0) is 20.1. The molecule has 0 fully saturated rings. The molecule has 148 valence electrons. The highest BCUT2D eigenvalue weighted by molar-refractivity contribution is 6.30. The van der Waals surface area contributed by atoms with E-state index in [9.17, 15) is 9.59 Å². The molecule has 1 heterocycles. The second-order valence-corrected chi connectivity index (χ2v) is 7.02. The van der Waals surface area contributed by atoms with Crippen LogP contribution in [0.4, 0.5) is 5.69 Å². The zero-order valence-electron chi connectivity index (χ0n) is 15.9. The van der Waals surface area contributed by atoms with Gasteiger partial charge in [0.25, 0.3) is 5.91 Å². The van der Waals surface area contributed by atoms with Crippen LogP contribution in [0.1, 0.15) is 13.3 Å². The third-order valence-corrected chi connectivity index (χ3v) is 4.81. The van der Waals surface area contributed by atoms with Gasteiger partial charge in [-0.1, -0.05) is 23.7 Å². The van der Waals surface area contributed by atoms with Gasteiger partial charge in [-0.3, -0.25) is 9.59 Å². The number of halogens is 1. The first-order chi connectivity index (χ1) is 13.5. The largest absolute Gasteiger partial charge is 0.492 e. The number of para-hydroxylation sites is 2. The van der Waals surface area contributed by atoms with Crippen molar-refractivity contribution in [3.8, 4) is 11.5 Å². The fourth-order valence-corrected chi connectivity index (χ4v) is 3.07. The molecule has 0 spiro atoms. The normalized spacial score (nSPS) is 15.6. The van der Waals surface area contributed by atoms with Gasteiger partial charge in [-0.2, -0.15) is 0 Å². The molecular weight excluding hydrogens is 380 g/mol. The third-order valence-electron chi connectivity index (χ3n) is 4.56. The van der Waals surface area contributed by atoms with E-state index in [1.165, 1.54) is 0 Å². The molecule has 0 saturated heterocycles. The molecule has 28 heavy (non-hydrogen) atoms. The van der Waals surface area contributed by atoms with Crippen LogP contribution >= 0.6 is 11.6 Å². The number of ether oxygens (including phenoxy) is 2. The number of rotatable bonds is 7. The minimum absolute atomic E-state index is 0.0517. The molecule has 7 heteroatoms. The summed E-state index contributed by atoms with van der Waals surface area (Å²) in [6.45, 7) is 2.85. The Morgan fingerprint density at radius 2 is 1.93 bits per heavy atom. The summed E-state index contributed by atoms with van der Waals surface area (Å²) in [5.74, 6) is 1.17. The van der Waals surface area contributed by atoms with Crippen molar-refractivity contribution in [3.05, 3.63) is 53.6 Å². The summed E-state index contributed by atoms with van der Waals surface area (Å²) in [6.07, 6.45) is -0.333. The predicted molar refractivity (Wildman–Crippen MR) is 108 cm³/mol. The van der Waals surface area contributed by atoms with Gasteiger partial charge in [-0.15, -0.1) is 0 Å². The lowest BCUT2D eigenvalue weighted by Crippen LogP contribution is -2.46. The average Bonchev–Trinajstić information content (AvgIpc) is 2.69. The molecule has 0 bridgehead atoms. The van der Waals surface area contributed by atoms with Crippen molar-refractivity contribution in [3.63, 3.8) is 0 Å². The lowest BCUT2D eigenvalue weighted by atomic mass is 10.1. The first-order valence-corrected chi connectivity index (χ1v) is 9.53. The number of benzene rings is 2. The molecule has 0 saturated carbocycles. The second-order valence-electron chi connectivity index (χ2n) is 6.59. The Hall–Kier alpha value is -2.73. The van der Waals surface area contributed by atoms with Crippen LogP contribution in [0.2, 0.25) is 5.02 Å². The quantitative estimate of drug-likeness (QED) is 0.712. The summed E-state index contributed by atoms with van der Waals surface area (Å²) >= 11 is 5.84. The van der Waals surface area contributed by atoms with E-state index in [0.717, 1.165) is 0 Å². The number of hydrogen-bond acceptors (Lipinski definition) is 4. The van der Waals surface area contributed by atoms with Crippen molar-refractivity contribution in [2.24, 2.45) is 0 Å². The Morgan fingerprint density at radius 3 is 2.68 bits per heavy atom. The van der Waals surface area contributed by atoms with Crippen molar-refractivity contribution in [1.82, 2.24) is 4.90 Å². The summed E-state index contributed by atoms with van der Waals surface area (Å²) in [5, 5.41) is 0.646. The maximum absolute atomic E-state index is 12.5. The standard InChI is InChI=1S/C21H23ClN2O4/c1-15-21(26)24(18-5-3-4-6-19(18)28-15)12-11-20(25)23(2)13-14-27-17-9-7-16(22)8-10-17/h3-10,15H,11-14H2,1-2H3. The van der Waals surface area contributed by atoms with E-state index >= 15 is 0 Å². The van der Waals surface area contributed by atoms with Gasteiger partial charge in [-0.25, -0.2) is 0 Å². The number of amides is 2. The summed E-state index contributed by atoms with van der Waals surface area (Å²) in [6, 6.07) is 14.4. The average molecular weight is 403 g/mol. The van der Waals surface area contributed by atoms with Crippen LogP contribution in [-0.2, 0) is 9.59 Å². The minimum Gasteiger partial charge on any atom is -0.492 e. The molecule has 2 aromatic carbocycles. The van der Waals surface area contributed by atoms with Crippen LogP contribution in [-0.4, -0.2) is 49.6 Å². The van der Waals surface area contributed by atoms with E-state index in [1.807, 2.05) is 24.3 Å². The summed E-state index contributed by atoms with van der Waals surface area (Å²) in [5.41, 5.74) is 0.701. The van der Waals surface area contributed by atoms with Crippen molar-refractivity contribution < 1.29 is 19.1 Å². The van der Waals surface area contributed by atoms with Crippen LogP contribution in [0.25, 0.3) is 0 Å². The van der Waals surface area contributed by atoms with Gasteiger partial charge in [0.1, 0.15) is 18.1 Å². The molecule has 0 aliphatic carbocycles. The van der Waals surface area contributed by atoms with Gasteiger partial charge < -0.3 is 19.3 Å². The lowest BCUT2D eigenvalue weighted by molar-refractivity contribution is -0.130. The Morgan fingerprint density at radius 1 is 1.21 bits per heavy atom. The van der Waals surface area contributed by atoms with E-state index in [2.05, 4.69) is 0 Å². The topological polar surface area (TPSA) is 59.1 Å². The highest BCUT2D eigenvalue weighted by Gasteiger charge is 2.31. The first kappa shape index (κ1) is 20.0. The van der Waals surface area contributed by atoms with Crippen LogP contribution in [0.5, 0.6) is 11.5 Å². The number of carbonyl (C=O) groups is 2. The van der Waals surface area contributed by atoms with Crippen LogP contribution < -0.4 is 14.4 Å². The first-order valence-electron chi connectivity index (χ1n) is 9.15. The smallest absolute Gasteiger partial charge is 0.267 e. The van der Waals surface area contributed by atoms with Crippen LogP contribution in [0.3, 0.4) is 0 Å². The van der Waals surface area contributed by atoms with Crippen molar-refractivity contribution in [2.45, 2.75) is 19.4 Å². The second kappa shape index (κ2) is 8.97. The number of carbonyl (C=O) groups excluding carboxylic acids is 2. The third kappa shape index (κ3) is 4.75. The highest BCUT2D eigenvalue weighted by atomic mass is 35.5. The van der Waals surface area contributed by atoms with Gasteiger partial charge in [0, 0.05) is 25.0 Å². The maximum Gasteiger partial charge on any atom is 0.267 e. The molecule has 1 atom stereocenters. The Balaban J connectivity index is 1.50. The maximum atomic E-state index is 12.5. The summed E-state index contributed by atoms with van der Waals surface area (Å²) in [4.78, 5) is 28.2. The molecule has 1 unspecified atom stereocenters. The van der Waals surface area contributed by atoms with Gasteiger partial charge in [-0.05, 0) is 43.3 Å². The van der Waals surface area contributed by atoms with Crippen LogP contribution in [0, 0.1) is 0 Å². The molecule has 2 amide bonds. The van der Waals surface area contributed by atoms with Crippen molar-refractivity contribution >= 4 is 29.1 Å². The molecule has 6 nitrogen and oxygen atoms in total. The van der Waals surface area contributed by atoms with E-state index in [1.54, 1.807) is 48.0 Å². The van der Waals surface area contributed by atoms with Crippen molar-refractivity contribution in [2.75, 3.05) is 31.6 Å². The predicted octanol–water partition coefficient (Wildman–Crippen LogP) is 3.38. The molecule has 0 radical (unpaired) electrons. The Kier molecular flexibility index (Phi) is 6.41. The molecule has 1 aliphatic rings. The number of anilines is 1. The van der Waals surface area contributed by atoms with Gasteiger partial charge >= 0.3 is 0 Å². The molecule has 3 rings (SSSR count). The van der Waals surface area contributed by atoms with Gasteiger partial charge in [0.15, 0.2) is 6.10 Å². The number of nitrogens with zero attached hydrogens (tertiary/aromatic N) is 2. The molecule has 2 aromatic rings. The molecule has 0 N–H and O–H groups in total. The van der Waals surface area contributed by atoms with E-state index < -0.39 is 6.10 Å². The monoisotopic (exact) mass is 402 g/mol. The van der Waals surface area contributed by atoms with E-state index in [-0.39, 0.29) is 18.2 Å². The van der Waals surface area contributed by atoms with Crippen molar-refractivity contribution in [1.29, 1.82) is 0 Å². The summed E-state index contributed by atoms with van der Waals surface area (Å²) in [7, 11) is 1.73. The van der Waals surface area contributed by atoms with Gasteiger partial charge in [0.2, 0.25) is 5.91 Å². The summed E-state index contributed by atoms with van der Waals surface area (Å²) < 4.78 is 11.2. The number of fused-ring (bicyclic) bond motifs is 1. The lowest BCUT2D eigenvalue weighted by Gasteiger charge is -2.33. The molecular formula is C21H23ClN2O4. The highest BCUT2D eigenvalue weighted by Crippen LogP contribution is 2.33. The number of likely N-dealkylation sites (N-methyl/N-ethyl adjacent to an activating group) is 1. The zero-order valence-corrected chi connectivity index (χ0v) is 16.7. The van der Waals surface area contributed by atoms with E-state index in [0.29, 0.717) is 41.9 Å². The minimum atomic E-state index is -0.560. The van der Waals surface area contributed by atoms with Gasteiger partial charge in [0.05, 0.1) is 12.2 Å². The Bertz CT molecular complexity index is 841. The SMILES string of the molecule is CC1Oc2ccccc2N(CCC(=O)N(C)CCOc2ccc(Cl)cc2)C1=O. The molecule has 1 aliphatic heterocycles. The van der Waals surface area contributed by atoms with Crippen LogP contribution in [0.15, 0.2) is 48.5 Å². The van der Waals surface area contributed by atoms with E-state index in [4.69, 9.17) is 21.1 Å². The fraction of sp³-hybridized carbons (Fsp3) is 0.333.